The van der Waals surface area contributed by atoms with Gasteiger partial charge in [0.1, 0.15) is 12.4 Å². The van der Waals surface area contributed by atoms with Gasteiger partial charge in [-0.2, -0.15) is 0 Å². The van der Waals surface area contributed by atoms with Crippen molar-refractivity contribution in [2.45, 2.75) is 5.85 Å². The Morgan fingerprint density at radius 2 is 1.83 bits per heavy atom. The van der Waals surface area contributed by atoms with Gasteiger partial charge in [0.05, 0.1) is 18.2 Å². The molecule has 0 unspecified atom stereocenters. The molecule has 0 bridgehead atoms. The van der Waals surface area contributed by atoms with Gasteiger partial charge in [0.15, 0.2) is 0 Å². The van der Waals surface area contributed by atoms with E-state index in [1.165, 1.54) is 18.2 Å². The Kier molecular flexibility index (Phi) is 9.30. The molecular weight excluding hydrogens is 361 g/mol. The zero-order chi connectivity index (χ0) is 18.0. The summed E-state index contributed by atoms with van der Waals surface area (Å²) >= 11 is 11.9. The molecule has 0 aliphatic heterocycles. The second-order valence-corrected chi connectivity index (χ2v) is 5.43. The van der Waals surface area contributed by atoms with Gasteiger partial charge < -0.3 is 25.4 Å². The quantitative estimate of drug-likeness (QED) is 0.261. The zero-order valence-electron chi connectivity index (χ0n) is 12.9. The number of aliphatic hydroxyl groups is 2. The highest BCUT2D eigenvalue weighted by molar-refractivity contribution is 6.35. The lowest BCUT2D eigenvalue weighted by molar-refractivity contribution is -0.170. The number of halogens is 2. The fourth-order valence-electron chi connectivity index (χ4n) is 1.76. The number of aliphatic hydroxyl groups excluding tert-OH is 2. The minimum Gasteiger partial charge on any atom is -0.459 e. The highest BCUT2D eigenvalue weighted by atomic mass is 35.5. The van der Waals surface area contributed by atoms with Crippen LogP contribution < -0.4 is 21.1 Å². The maximum atomic E-state index is 12.5. The Balaban J connectivity index is 3.12. The van der Waals surface area contributed by atoms with E-state index in [2.05, 4.69) is 10.6 Å². The van der Waals surface area contributed by atoms with Crippen molar-refractivity contribution in [3.63, 3.8) is 0 Å². The minimum atomic E-state index is -1.86. The van der Waals surface area contributed by atoms with Crippen LogP contribution in [0.2, 0.25) is 10.0 Å². The standard InChI is InChI=1S/C14H21Cl2N3O5/c15-10-1-2-12(11(16)9-10)24-14(18-4-6-20,19-5-7-21)13(22)23-8-3-17/h1-2,9,18-21H,3-8,17H2. The number of hydrogen-bond acceptors (Lipinski definition) is 8. The summed E-state index contributed by atoms with van der Waals surface area (Å²) in [7, 11) is 0. The van der Waals surface area contributed by atoms with Crippen molar-refractivity contribution < 1.29 is 24.5 Å². The Labute approximate surface area is 149 Å². The van der Waals surface area contributed by atoms with E-state index in [1.807, 2.05) is 0 Å². The molecule has 6 N–H and O–H groups in total. The van der Waals surface area contributed by atoms with Crippen LogP contribution in [0, 0.1) is 0 Å². The third kappa shape index (κ3) is 6.06. The largest absolute Gasteiger partial charge is 0.459 e. The van der Waals surface area contributed by atoms with Gasteiger partial charge in [0.2, 0.25) is 0 Å². The average molecular weight is 382 g/mol. The van der Waals surface area contributed by atoms with Gasteiger partial charge in [-0.1, -0.05) is 23.2 Å². The second-order valence-electron chi connectivity index (χ2n) is 4.58. The molecule has 0 spiro atoms. The maximum absolute atomic E-state index is 12.5. The van der Waals surface area contributed by atoms with E-state index in [9.17, 15) is 4.79 Å². The zero-order valence-corrected chi connectivity index (χ0v) is 14.4. The number of carbonyl (C=O) groups excluding carboxylic acids is 1. The molecule has 0 saturated carbocycles. The third-order valence-corrected chi connectivity index (χ3v) is 3.30. The van der Waals surface area contributed by atoms with Crippen molar-refractivity contribution in [2.24, 2.45) is 5.73 Å². The maximum Gasteiger partial charge on any atom is 0.383 e. The van der Waals surface area contributed by atoms with Crippen molar-refractivity contribution in [3.8, 4) is 5.75 Å². The number of esters is 1. The molecule has 0 aliphatic rings. The van der Waals surface area contributed by atoms with Crippen LogP contribution in [0.3, 0.4) is 0 Å². The third-order valence-electron chi connectivity index (χ3n) is 2.77. The lowest BCUT2D eigenvalue weighted by Gasteiger charge is -2.33. The average Bonchev–Trinajstić information content (AvgIpc) is 2.57. The van der Waals surface area contributed by atoms with Gasteiger partial charge >= 0.3 is 11.8 Å². The molecule has 24 heavy (non-hydrogen) atoms. The molecule has 136 valence electrons. The van der Waals surface area contributed by atoms with Crippen molar-refractivity contribution in [1.29, 1.82) is 0 Å². The van der Waals surface area contributed by atoms with Gasteiger partial charge in [-0.25, -0.2) is 4.79 Å². The molecule has 1 rings (SSSR count). The topological polar surface area (TPSA) is 126 Å². The first-order valence-corrected chi connectivity index (χ1v) is 7.97. The van der Waals surface area contributed by atoms with E-state index in [1.54, 1.807) is 0 Å². The summed E-state index contributed by atoms with van der Waals surface area (Å²) in [6.45, 7) is -0.388. The summed E-state index contributed by atoms with van der Waals surface area (Å²) in [6.07, 6.45) is 0. The first kappa shape index (κ1) is 20.9. The molecule has 1 aromatic rings. The molecule has 0 aromatic heterocycles. The van der Waals surface area contributed by atoms with Gasteiger partial charge in [-0.3, -0.25) is 10.6 Å². The minimum absolute atomic E-state index is 0.0152. The van der Waals surface area contributed by atoms with Crippen LogP contribution >= 0.6 is 23.2 Å². The number of ether oxygens (including phenoxy) is 2. The van der Waals surface area contributed by atoms with E-state index in [-0.39, 0.29) is 50.2 Å². The van der Waals surface area contributed by atoms with Crippen LogP contribution in [0.4, 0.5) is 0 Å². The van der Waals surface area contributed by atoms with Crippen LogP contribution in [0.1, 0.15) is 0 Å². The van der Waals surface area contributed by atoms with E-state index >= 15 is 0 Å². The van der Waals surface area contributed by atoms with Crippen LogP contribution in [-0.2, 0) is 9.53 Å². The molecule has 0 aliphatic carbocycles. The Morgan fingerprint density at radius 1 is 1.21 bits per heavy atom. The number of nitrogens with one attached hydrogen (secondary N) is 2. The first-order chi connectivity index (χ1) is 11.5. The van der Waals surface area contributed by atoms with Crippen molar-refractivity contribution in [2.75, 3.05) is 39.5 Å². The molecule has 0 fully saturated rings. The normalized spacial score (nSPS) is 11.4. The van der Waals surface area contributed by atoms with Gasteiger partial charge in [-0.05, 0) is 18.2 Å². The lowest BCUT2D eigenvalue weighted by Crippen LogP contribution is -2.68. The van der Waals surface area contributed by atoms with E-state index < -0.39 is 11.8 Å². The monoisotopic (exact) mass is 381 g/mol. The van der Waals surface area contributed by atoms with E-state index in [4.69, 9.17) is 48.6 Å². The molecular formula is C14H21Cl2N3O5. The predicted octanol–water partition coefficient (Wildman–Crippen LogP) is -0.308. The number of benzene rings is 1. The number of nitrogens with two attached hydrogens (primary N) is 1. The molecule has 1 aromatic carbocycles. The molecule has 0 heterocycles. The Morgan fingerprint density at radius 3 is 2.33 bits per heavy atom. The van der Waals surface area contributed by atoms with Crippen LogP contribution in [-0.4, -0.2) is 61.5 Å². The SMILES string of the molecule is NCCOC(=O)C(NCCO)(NCCO)Oc1ccc(Cl)cc1Cl. The van der Waals surface area contributed by atoms with E-state index in [0.29, 0.717) is 5.02 Å². The van der Waals surface area contributed by atoms with Gasteiger partial charge in [0, 0.05) is 24.7 Å². The molecule has 0 saturated heterocycles. The summed E-state index contributed by atoms with van der Waals surface area (Å²) in [5.74, 6) is -2.53. The van der Waals surface area contributed by atoms with Crippen molar-refractivity contribution >= 4 is 29.2 Å². The van der Waals surface area contributed by atoms with Crippen LogP contribution in [0.15, 0.2) is 18.2 Å². The molecule has 8 nitrogen and oxygen atoms in total. The smallest absolute Gasteiger partial charge is 0.383 e. The first-order valence-electron chi connectivity index (χ1n) is 7.22. The second kappa shape index (κ2) is 10.7. The Bertz CT molecular complexity index is 525. The van der Waals surface area contributed by atoms with E-state index in [0.717, 1.165) is 0 Å². The number of hydrogen-bond donors (Lipinski definition) is 5. The van der Waals surface area contributed by atoms with Crippen LogP contribution in [0.25, 0.3) is 0 Å². The number of carbonyl (C=O) groups is 1. The summed E-state index contributed by atoms with van der Waals surface area (Å²) in [6, 6.07) is 4.47. The Hall–Kier alpha value is -1.13. The highest BCUT2D eigenvalue weighted by Crippen LogP contribution is 2.29. The fraction of sp³-hybridized carbons (Fsp3) is 0.500. The summed E-state index contributed by atoms with van der Waals surface area (Å²) in [5.41, 5.74) is 5.34. The molecule has 0 atom stereocenters. The molecule has 0 amide bonds. The number of rotatable bonds is 11. The summed E-state index contributed by atoms with van der Waals surface area (Å²) in [5, 5.41) is 24.1. The molecule has 10 heteroatoms. The fourth-order valence-corrected chi connectivity index (χ4v) is 2.21. The van der Waals surface area contributed by atoms with Crippen molar-refractivity contribution in [1.82, 2.24) is 10.6 Å². The summed E-state index contributed by atoms with van der Waals surface area (Å²) < 4.78 is 10.7. The molecule has 0 radical (unpaired) electrons. The van der Waals surface area contributed by atoms with Crippen LogP contribution in [0.5, 0.6) is 5.75 Å². The highest BCUT2D eigenvalue weighted by Gasteiger charge is 2.42. The van der Waals surface area contributed by atoms with Gasteiger partial charge in [-0.15, -0.1) is 0 Å². The van der Waals surface area contributed by atoms with Crippen molar-refractivity contribution in [3.05, 3.63) is 28.2 Å². The summed E-state index contributed by atoms with van der Waals surface area (Å²) in [4.78, 5) is 12.5. The predicted molar refractivity (Wildman–Crippen MR) is 90.0 cm³/mol. The van der Waals surface area contributed by atoms with Gasteiger partial charge in [0.25, 0.3) is 0 Å². The lowest BCUT2D eigenvalue weighted by atomic mass is 10.3.